The molecule has 1 saturated heterocycles. The van der Waals surface area contributed by atoms with E-state index in [0.717, 1.165) is 26.2 Å². The Labute approximate surface area is 142 Å². The van der Waals surface area contributed by atoms with Crippen molar-refractivity contribution >= 4 is 21.5 Å². The smallest absolute Gasteiger partial charge is 0.0641 e. The van der Waals surface area contributed by atoms with Gasteiger partial charge < -0.3 is 5.32 Å². The molecule has 3 aromatic rings. The predicted molar refractivity (Wildman–Crippen MR) is 98.9 cm³/mol. The summed E-state index contributed by atoms with van der Waals surface area (Å²) in [5.41, 5.74) is 1.28. The Hall–Kier alpha value is -2.41. The fourth-order valence-electron chi connectivity index (χ4n) is 3.87. The molecule has 0 amide bonds. The second-order valence-electron chi connectivity index (χ2n) is 6.40. The molecule has 1 heterocycles. The number of nitrogens with zero attached hydrogens (tertiary/aromatic N) is 2. The Morgan fingerprint density at radius 3 is 2.38 bits per heavy atom. The lowest BCUT2D eigenvalue weighted by Crippen LogP contribution is -2.45. The van der Waals surface area contributed by atoms with Gasteiger partial charge in [0.15, 0.2) is 0 Å². The number of piperazine rings is 1. The summed E-state index contributed by atoms with van der Waals surface area (Å²) < 4.78 is 0. The minimum atomic E-state index is 0.159. The summed E-state index contributed by atoms with van der Waals surface area (Å²) in [5, 5.41) is 17.9. The molecule has 0 aromatic heterocycles. The SMILES string of the molecule is N#CC[C@H](c1cc2ccccc2c2ccccc12)N1CCNCC1. The number of hydrogen-bond acceptors (Lipinski definition) is 3. The first-order valence-corrected chi connectivity index (χ1v) is 8.60. The van der Waals surface area contributed by atoms with Crippen molar-refractivity contribution in [3.05, 3.63) is 60.2 Å². The van der Waals surface area contributed by atoms with Gasteiger partial charge in [0.25, 0.3) is 0 Å². The summed E-state index contributed by atoms with van der Waals surface area (Å²) in [4.78, 5) is 2.45. The standard InChI is InChI=1S/C21H21N3/c22-10-9-21(24-13-11-23-12-14-24)20-15-16-5-1-2-6-17(16)18-7-3-4-8-19(18)20/h1-8,15,21,23H,9,11-14H2/t21-/m1/s1. The topological polar surface area (TPSA) is 39.1 Å². The zero-order valence-corrected chi connectivity index (χ0v) is 13.7. The van der Waals surface area contributed by atoms with Crippen LogP contribution in [0.2, 0.25) is 0 Å². The molecule has 1 fully saturated rings. The monoisotopic (exact) mass is 315 g/mol. The Morgan fingerprint density at radius 1 is 0.958 bits per heavy atom. The molecule has 3 aromatic carbocycles. The summed E-state index contributed by atoms with van der Waals surface area (Å²) in [6.07, 6.45) is 0.530. The van der Waals surface area contributed by atoms with Gasteiger partial charge >= 0.3 is 0 Å². The third-order valence-corrected chi connectivity index (χ3v) is 5.04. The van der Waals surface area contributed by atoms with Gasteiger partial charge in [-0.2, -0.15) is 5.26 Å². The van der Waals surface area contributed by atoms with Crippen LogP contribution in [0.4, 0.5) is 0 Å². The third kappa shape index (κ3) is 2.65. The zero-order valence-electron chi connectivity index (χ0n) is 13.7. The lowest BCUT2D eigenvalue weighted by Gasteiger charge is -2.34. The van der Waals surface area contributed by atoms with E-state index in [1.807, 2.05) is 0 Å². The molecule has 0 bridgehead atoms. The average molecular weight is 315 g/mol. The second kappa shape index (κ2) is 6.60. The van der Waals surface area contributed by atoms with Crippen molar-refractivity contribution in [2.75, 3.05) is 26.2 Å². The van der Waals surface area contributed by atoms with E-state index in [1.165, 1.54) is 27.1 Å². The first-order valence-electron chi connectivity index (χ1n) is 8.60. The highest BCUT2D eigenvalue weighted by Gasteiger charge is 2.24. The highest BCUT2D eigenvalue weighted by atomic mass is 15.2. The fraction of sp³-hybridized carbons (Fsp3) is 0.286. The Balaban J connectivity index is 1.93. The van der Waals surface area contributed by atoms with Crippen molar-refractivity contribution in [3.8, 4) is 6.07 Å². The number of benzene rings is 3. The average Bonchev–Trinajstić information content (AvgIpc) is 2.66. The summed E-state index contributed by atoms with van der Waals surface area (Å²) in [6, 6.07) is 22.0. The van der Waals surface area contributed by atoms with E-state index in [-0.39, 0.29) is 6.04 Å². The van der Waals surface area contributed by atoms with E-state index in [0.29, 0.717) is 6.42 Å². The maximum Gasteiger partial charge on any atom is 0.0641 e. The molecule has 3 nitrogen and oxygen atoms in total. The molecular formula is C21H21N3. The van der Waals surface area contributed by atoms with E-state index in [9.17, 15) is 5.26 Å². The quantitative estimate of drug-likeness (QED) is 0.746. The van der Waals surface area contributed by atoms with Gasteiger partial charge in [0.1, 0.15) is 0 Å². The van der Waals surface area contributed by atoms with Crippen molar-refractivity contribution in [1.29, 1.82) is 5.26 Å². The molecule has 4 rings (SSSR count). The largest absolute Gasteiger partial charge is 0.314 e. The van der Waals surface area contributed by atoms with Gasteiger partial charge in [-0.1, -0.05) is 48.5 Å². The molecule has 0 unspecified atom stereocenters. The van der Waals surface area contributed by atoms with Crippen LogP contribution in [0.15, 0.2) is 54.6 Å². The maximum atomic E-state index is 9.42. The Bertz CT molecular complexity index is 904. The molecule has 0 aliphatic carbocycles. The summed E-state index contributed by atoms with van der Waals surface area (Å²) in [5.74, 6) is 0. The minimum Gasteiger partial charge on any atom is -0.314 e. The number of nitrogens with one attached hydrogen (secondary N) is 1. The van der Waals surface area contributed by atoms with E-state index in [4.69, 9.17) is 0 Å². The maximum absolute atomic E-state index is 9.42. The van der Waals surface area contributed by atoms with E-state index in [2.05, 4.69) is 70.9 Å². The van der Waals surface area contributed by atoms with Crippen molar-refractivity contribution < 1.29 is 0 Å². The number of fused-ring (bicyclic) bond motifs is 3. The van der Waals surface area contributed by atoms with Crippen LogP contribution in [0.5, 0.6) is 0 Å². The highest BCUT2D eigenvalue weighted by Crippen LogP contribution is 2.35. The van der Waals surface area contributed by atoms with Crippen molar-refractivity contribution in [2.45, 2.75) is 12.5 Å². The van der Waals surface area contributed by atoms with Gasteiger partial charge in [0.2, 0.25) is 0 Å². The molecule has 3 heteroatoms. The summed E-state index contributed by atoms with van der Waals surface area (Å²) in [6.45, 7) is 3.97. The molecular weight excluding hydrogens is 294 g/mol. The van der Waals surface area contributed by atoms with Crippen LogP contribution in [0.3, 0.4) is 0 Å². The van der Waals surface area contributed by atoms with Gasteiger partial charge in [-0.3, -0.25) is 4.90 Å². The lowest BCUT2D eigenvalue weighted by atomic mass is 9.91. The van der Waals surface area contributed by atoms with E-state index < -0.39 is 0 Å². The van der Waals surface area contributed by atoms with E-state index >= 15 is 0 Å². The van der Waals surface area contributed by atoms with Crippen LogP contribution >= 0.6 is 0 Å². The minimum absolute atomic E-state index is 0.159. The summed E-state index contributed by atoms with van der Waals surface area (Å²) in [7, 11) is 0. The molecule has 1 aliphatic heterocycles. The number of nitriles is 1. The number of rotatable bonds is 3. The van der Waals surface area contributed by atoms with Gasteiger partial charge in [0, 0.05) is 32.2 Å². The van der Waals surface area contributed by atoms with Gasteiger partial charge in [-0.25, -0.2) is 0 Å². The third-order valence-electron chi connectivity index (χ3n) is 5.04. The predicted octanol–water partition coefficient (Wildman–Crippen LogP) is 3.85. The van der Waals surface area contributed by atoms with Gasteiger partial charge in [-0.15, -0.1) is 0 Å². The number of hydrogen-bond donors (Lipinski definition) is 1. The Morgan fingerprint density at radius 2 is 1.62 bits per heavy atom. The Kier molecular flexibility index (Phi) is 4.17. The van der Waals surface area contributed by atoms with Crippen LogP contribution in [0.1, 0.15) is 18.0 Å². The van der Waals surface area contributed by atoms with Crippen LogP contribution < -0.4 is 5.32 Å². The van der Waals surface area contributed by atoms with Crippen LogP contribution in [-0.2, 0) is 0 Å². The van der Waals surface area contributed by atoms with Crippen LogP contribution in [-0.4, -0.2) is 31.1 Å². The van der Waals surface area contributed by atoms with Gasteiger partial charge in [0.05, 0.1) is 12.5 Å². The van der Waals surface area contributed by atoms with Crippen molar-refractivity contribution in [3.63, 3.8) is 0 Å². The lowest BCUT2D eigenvalue weighted by molar-refractivity contribution is 0.176. The molecule has 120 valence electrons. The van der Waals surface area contributed by atoms with Crippen molar-refractivity contribution in [2.24, 2.45) is 0 Å². The highest BCUT2D eigenvalue weighted by molar-refractivity contribution is 6.09. The van der Waals surface area contributed by atoms with Crippen molar-refractivity contribution in [1.82, 2.24) is 10.2 Å². The molecule has 0 saturated carbocycles. The second-order valence-corrected chi connectivity index (χ2v) is 6.40. The summed E-state index contributed by atoms with van der Waals surface area (Å²) >= 11 is 0. The molecule has 1 aliphatic rings. The van der Waals surface area contributed by atoms with Crippen LogP contribution in [0, 0.1) is 11.3 Å². The van der Waals surface area contributed by atoms with Crippen LogP contribution in [0.25, 0.3) is 21.5 Å². The molecule has 1 atom stereocenters. The molecule has 0 radical (unpaired) electrons. The molecule has 0 spiro atoms. The normalized spacial score (nSPS) is 17.0. The first-order chi connectivity index (χ1) is 11.9. The molecule has 1 N–H and O–H groups in total. The fourth-order valence-corrected chi connectivity index (χ4v) is 3.87. The first kappa shape index (κ1) is 15.1. The molecule has 24 heavy (non-hydrogen) atoms. The van der Waals surface area contributed by atoms with Gasteiger partial charge in [-0.05, 0) is 33.2 Å². The zero-order chi connectivity index (χ0) is 16.4. The van der Waals surface area contributed by atoms with E-state index in [1.54, 1.807) is 0 Å².